The number of allylic oxidation sites excluding steroid dienone is 1. The number of methoxy groups -OCH3 is 1. The van der Waals surface area contributed by atoms with Gasteiger partial charge in [0.15, 0.2) is 17.3 Å². The average Bonchev–Trinajstić information content (AvgIpc) is 2.63. The maximum atomic E-state index is 13.0. The molecule has 1 amide bonds. The Hall–Kier alpha value is -2.12. The van der Waals surface area contributed by atoms with Crippen molar-refractivity contribution in [1.82, 2.24) is 4.90 Å². The van der Waals surface area contributed by atoms with Gasteiger partial charge >= 0.3 is 5.97 Å². The summed E-state index contributed by atoms with van der Waals surface area (Å²) >= 11 is 1.31. The number of benzene rings is 1. The first kappa shape index (κ1) is 19.6. The van der Waals surface area contributed by atoms with E-state index in [1.807, 2.05) is 6.07 Å². The monoisotopic (exact) mass is 389 g/mol. The molecule has 0 N–H and O–H groups in total. The van der Waals surface area contributed by atoms with Crippen LogP contribution in [-0.2, 0) is 19.1 Å². The Morgan fingerprint density at radius 3 is 2.33 bits per heavy atom. The van der Waals surface area contributed by atoms with Crippen LogP contribution in [-0.4, -0.2) is 46.6 Å². The van der Waals surface area contributed by atoms with Crippen molar-refractivity contribution in [1.29, 1.82) is 0 Å². The quantitative estimate of drug-likeness (QED) is 0.582. The van der Waals surface area contributed by atoms with Crippen LogP contribution in [0.15, 0.2) is 41.6 Å². The third-order valence-corrected chi connectivity index (χ3v) is 6.03. The summed E-state index contributed by atoms with van der Waals surface area (Å²) in [5.41, 5.74) is -0.00922. The van der Waals surface area contributed by atoms with Crippen molar-refractivity contribution in [3.05, 3.63) is 47.2 Å². The molecule has 2 aliphatic rings. The topological polar surface area (TPSA) is 72.9 Å². The molecule has 2 aliphatic heterocycles. The summed E-state index contributed by atoms with van der Waals surface area (Å²) in [5, 5.41) is -0.388. The summed E-state index contributed by atoms with van der Waals surface area (Å²) in [6.07, 6.45) is -0.649. The number of hydrogen-bond donors (Lipinski definition) is 0. The zero-order valence-corrected chi connectivity index (χ0v) is 16.8. The first-order valence-corrected chi connectivity index (χ1v) is 9.64. The van der Waals surface area contributed by atoms with Gasteiger partial charge in [-0.3, -0.25) is 14.5 Å². The number of thioether (sulfide) groups is 1. The van der Waals surface area contributed by atoms with Crippen LogP contribution >= 0.6 is 11.8 Å². The van der Waals surface area contributed by atoms with Crippen LogP contribution in [0, 0.1) is 5.41 Å². The van der Waals surface area contributed by atoms with E-state index in [1.54, 1.807) is 52.0 Å². The number of esters is 1. The van der Waals surface area contributed by atoms with Gasteiger partial charge in [0.05, 0.1) is 11.3 Å². The molecule has 0 radical (unpaired) electrons. The molecule has 1 unspecified atom stereocenters. The van der Waals surface area contributed by atoms with E-state index in [4.69, 9.17) is 9.47 Å². The second kappa shape index (κ2) is 7.13. The largest absolute Gasteiger partial charge is 0.443 e. The van der Waals surface area contributed by atoms with Gasteiger partial charge < -0.3 is 9.47 Å². The fraction of sp³-hybridized carbons (Fsp3) is 0.450. The Morgan fingerprint density at radius 2 is 1.78 bits per heavy atom. The predicted octanol–water partition coefficient (Wildman–Crippen LogP) is 2.99. The molecule has 1 aromatic carbocycles. The van der Waals surface area contributed by atoms with Crippen LogP contribution in [0.2, 0.25) is 0 Å². The highest BCUT2D eigenvalue weighted by Crippen LogP contribution is 2.47. The fourth-order valence-electron chi connectivity index (χ4n) is 3.05. The van der Waals surface area contributed by atoms with Crippen LogP contribution in [0.1, 0.15) is 38.1 Å². The van der Waals surface area contributed by atoms with Crippen molar-refractivity contribution in [2.75, 3.05) is 7.11 Å². The molecule has 27 heavy (non-hydrogen) atoms. The predicted molar refractivity (Wildman–Crippen MR) is 102 cm³/mol. The highest BCUT2D eigenvalue weighted by molar-refractivity contribution is 8.00. The molecule has 0 bridgehead atoms. The SMILES string of the molecule is CO[C@H]1C(=O)N2C(C(=O)C(C)(C)C)=C(C)C(OC(=O)c3ccccc3)S[C@H]12. The highest BCUT2D eigenvalue weighted by Gasteiger charge is 2.56. The van der Waals surface area contributed by atoms with E-state index in [2.05, 4.69) is 0 Å². The average molecular weight is 389 g/mol. The summed E-state index contributed by atoms with van der Waals surface area (Å²) in [7, 11) is 1.46. The van der Waals surface area contributed by atoms with Gasteiger partial charge in [0.25, 0.3) is 5.91 Å². The molecule has 3 atom stereocenters. The van der Waals surface area contributed by atoms with Crippen molar-refractivity contribution in [3.63, 3.8) is 0 Å². The number of rotatable bonds is 4. The van der Waals surface area contributed by atoms with Crippen molar-refractivity contribution >= 4 is 29.4 Å². The number of carbonyl (C=O) groups excluding carboxylic acids is 3. The summed E-state index contributed by atoms with van der Waals surface area (Å²) in [5.74, 6) is -0.869. The van der Waals surface area contributed by atoms with E-state index in [9.17, 15) is 14.4 Å². The number of Topliss-reactive ketones (excluding diaryl/α,β-unsaturated/α-hetero) is 1. The number of fused-ring (bicyclic) bond motifs is 1. The molecule has 144 valence electrons. The molecule has 1 saturated heterocycles. The first-order chi connectivity index (χ1) is 12.7. The summed E-state index contributed by atoms with van der Waals surface area (Å²) in [6, 6.07) is 8.68. The number of amides is 1. The molecule has 0 saturated carbocycles. The van der Waals surface area contributed by atoms with E-state index in [-0.39, 0.29) is 17.1 Å². The lowest BCUT2D eigenvalue weighted by molar-refractivity contribution is -0.160. The van der Waals surface area contributed by atoms with Gasteiger partial charge in [0, 0.05) is 18.1 Å². The van der Waals surface area contributed by atoms with Gasteiger partial charge in [-0.25, -0.2) is 4.79 Å². The number of hydrogen-bond acceptors (Lipinski definition) is 6. The minimum Gasteiger partial charge on any atom is -0.443 e. The zero-order chi connectivity index (χ0) is 19.9. The Morgan fingerprint density at radius 1 is 1.15 bits per heavy atom. The van der Waals surface area contributed by atoms with Crippen LogP contribution in [0.3, 0.4) is 0 Å². The summed E-state index contributed by atoms with van der Waals surface area (Å²) in [6.45, 7) is 7.14. The third-order valence-electron chi connectivity index (χ3n) is 4.60. The summed E-state index contributed by atoms with van der Waals surface area (Å²) < 4.78 is 11.0. The van der Waals surface area contributed by atoms with E-state index < -0.39 is 22.9 Å². The number of carbonyl (C=O) groups is 3. The lowest BCUT2D eigenvalue weighted by Crippen LogP contribution is -2.66. The van der Waals surface area contributed by atoms with Crippen molar-refractivity contribution in [2.45, 2.75) is 44.6 Å². The van der Waals surface area contributed by atoms with Crippen LogP contribution in [0.25, 0.3) is 0 Å². The summed E-state index contributed by atoms with van der Waals surface area (Å²) in [4.78, 5) is 39.5. The van der Waals surface area contributed by atoms with E-state index in [0.717, 1.165) is 0 Å². The van der Waals surface area contributed by atoms with Crippen LogP contribution in [0.5, 0.6) is 0 Å². The van der Waals surface area contributed by atoms with Gasteiger partial charge in [0.2, 0.25) is 0 Å². The molecular weight excluding hydrogens is 366 g/mol. The van der Waals surface area contributed by atoms with Gasteiger partial charge in [-0.2, -0.15) is 0 Å². The standard InChI is InChI=1S/C20H23NO5S/c1-11-13(15(22)20(2,3)4)21-16(23)14(25-5)17(21)27-19(11)26-18(24)12-9-7-6-8-10-12/h6-10,14,17,19H,1-5H3/t14-,17+,19?/m0/s1. The highest BCUT2D eigenvalue weighted by atomic mass is 32.2. The minimum absolute atomic E-state index is 0.158. The van der Waals surface area contributed by atoms with Crippen LogP contribution in [0.4, 0.5) is 0 Å². The molecule has 1 aromatic rings. The Kier molecular flexibility index (Phi) is 5.18. The van der Waals surface area contributed by atoms with E-state index in [1.165, 1.54) is 23.8 Å². The Balaban J connectivity index is 1.95. The number of nitrogens with zero attached hydrogens (tertiary/aromatic N) is 1. The molecular formula is C20H23NO5S. The molecule has 2 heterocycles. The third kappa shape index (κ3) is 3.41. The first-order valence-electron chi connectivity index (χ1n) is 8.69. The maximum absolute atomic E-state index is 13.0. The van der Waals surface area contributed by atoms with Gasteiger partial charge in [-0.1, -0.05) is 50.7 Å². The number of β-lactam (4-membered cyclic amide) rings is 1. The second-order valence-corrected chi connectivity index (χ2v) is 8.79. The normalized spacial score (nSPS) is 25.0. The van der Waals surface area contributed by atoms with E-state index in [0.29, 0.717) is 16.8 Å². The van der Waals surface area contributed by atoms with Gasteiger partial charge in [-0.05, 0) is 19.1 Å². The van der Waals surface area contributed by atoms with Gasteiger partial charge in [-0.15, -0.1) is 0 Å². The fourth-order valence-corrected chi connectivity index (χ4v) is 4.47. The second-order valence-electron chi connectivity index (χ2n) is 7.61. The van der Waals surface area contributed by atoms with Crippen molar-refractivity contribution in [3.8, 4) is 0 Å². The molecule has 0 aliphatic carbocycles. The van der Waals surface area contributed by atoms with Gasteiger partial charge in [0.1, 0.15) is 5.37 Å². The lowest BCUT2D eigenvalue weighted by atomic mass is 9.85. The molecule has 3 rings (SSSR count). The Labute approximate surface area is 162 Å². The molecule has 6 nitrogen and oxygen atoms in total. The molecule has 7 heteroatoms. The maximum Gasteiger partial charge on any atom is 0.339 e. The zero-order valence-electron chi connectivity index (χ0n) is 16.0. The molecule has 0 spiro atoms. The lowest BCUT2D eigenvalue weighted by Gasteiger charge is -2.51. The molecule has 1 fully saturated rings. The van der Waals surface area contributed by atoms with E-state index >= 15 is 0 Å². The van der Waals surface area contributed by atoms with Crippen LogP contribution < -0.4 is 0 Å². The van der Waals surface area contributed by atoms with Crippen molar-refractivity contribution in [2.24, 2.45) is 5.41 Å². The molecule has 0 aromatic heterocycles. The van der Waals surface area contributed by atoms with Crippen molar-refractivity contribution < 1.29 is 23.9 Å². The number of ether oxygens (including phenoxy) is 2. The number of ketones is 1. The smallest absolute Gasteiger partial charge is 0.339 e. The minimum atomic E-state index is -0.671. The Bertz CT molecular complexity index is 811.